The minimum Gasteiger partial charge on any atom is -0.481 e. The van der Waals surface area contributed by atoms with E-state index in [0.717, 1.165) is 22.3 Å². The Morgan fingerprint density at radius 1 is 1.06 bits per heavy atom. The van der Waals surface area contributed by atoms with Crippen molar-refractivity contribution in [3.05, 3.63) is 71.4 Å². The molecule has 0 radical (unpaired) electrons. The van der Waals surface area contributed by atoms with Crippen molar-refractivity contribution in [2.45, 2.75) is 12.0 Å². The molecule has 0 bridgehead atoms. The molecule has 2 unspecified atom stereocenters. The van der Waals surface area contributed by atoms with Gasteiger partial charge < -0.3 is 20.5 Å². The molecule has 5 rings (SSSR count). The number of hydrogen-bond donors (Lipinski definition) is 5. The van der Waals surface area contributed by atoms with Crippen LogP contribution in [0.25, 0.3) is 11.1 Å². The van der Waals surface area contributed by atoms with Crippen molar-refractivity contribution >= 4 is 29.7 Å². The van der Waals surface area contributed by atoms with Crippen molar-refractivity contribution in [1.29, 1.82) is 0 Å². The van der Waals surface area contributed by atoms with Crippen molar-refractivity contribution in [3.8, 4) is 11.1 Å². The quantitative estimate of drug-likeness (QED) is 0.362. The van der Waals surface area contributed by atoms with Crippen molar-refractivity contribution in [2.75, 3.05) is 18.5 Å². The number of benzene rings is 2. The summed E-state index contributed by atoms with van der Waals surface area (Å²) in [6.07, 6.45) is -0.744. The SMILES string of the molecule is O=C(Nc1cc(C(=O)NC2C(=O)NCC2C(=O)O)[nH]n1)OCC1c2ccccc2-c2ccccc21. The maximum absolute atomic E-state index is 12.4. The average Bonchev–Trinajstić information content (AvgIpc) is 3.54. The first-order valence-electron chi connectivity index (χ1n) is 10.9. The van der Waals surface area contributed by atoms with Gasteiger partial charge in [-0.3, -0.25) is 24.8 Å². The Hall–Kier alpha value is -4.67. The molecule has 1 aromatic heterocycles. The number of ether oxygens (including phenoxy) is 1. The minimum absolute atomic E-state index is 0.0398. The molecule has 1 aliphatic carbocycles. The van der Waals surface area contributed by atoms with Crippen LogP contribution in [0.15, 0.2) is 54.6 Å². The van der Waals surface area contributed by atoms with Gasteiger partial charge in [0.2, 0.25) is 5.91 Å². The molecule has 3 amide bonds. The van der Waals surface area contributed by atoms with Gasteiger partial charge in [-0.25, -0.2) is 4.79 Å². The molecule has 11 heteroatoms. The molecule has 1 saturated heterocycles. The third-order valence-electron chi connectivity index (χ3n) is 6.18. The summed E-state index contributed by atoms with van der Waals surface area (Å²) in [5.41, 5.74) is 4.33. The lowest BCUT2D eigenvalue weighted by molar-refractivity contribution is -0.142. The summed E-state index contributed by atoms with van der Waals surface area (Å²) in [5, 5.41) is 22.8. The zero-order valence-electron chi connectivity index (χ0n) is 18.3. The predicted molar refractivity (Wildman–Crippen MR) is 123 cm³/mol. The number of carbonyl (C=O) groups excluding carboxylic acids is 3. The van der Waals surface area contributed by atoms with Gasteiger partial charge in [0, 0.05) is 18.5 Å². The standard InChI is InChI=1S/C24H21N5O6/c30-21(27-20-16(23(32)33)10-25-22(20)31)18-9-19(29-28-18)26-24(34)35-11-17-14-7-3-1-5-12(14)13-6-2-4-8-15(13)17/h1-9,16-17,20H,10-11H2,(H,25,31)(H,27,30)(H,32,33)(H2,26,28,29,34). The zero-order valence-corrected chi connectivity index (χ0v) is 18.3. The van der Waals surface area contributed by atoms with Crippen LogP contribution in [0.5, 0.6) is 0 Å². The molecular weight excluding hydrogens is 454 g/mol. The number of carbonyl (C=O) groups is 4. The fraction of sp³-hybridized carbons (Fsp3) is 0.208. The molecule has 178 valence electrons. The number of H-pyrrole nitrogens is 1. The van der Waals surface area contributed by atoms with Gasteiger partial charge in [-0.1, -0.05) is 48.5 Å². The minimum atomic E-state index is -1.21. The molecule has 0 spiro atoms. The molecule has 11 nitrogen and oxygen atoms in total. The highest BCUT2D eigenvalue weighted by Crippen LogP contribution is 2.44. The Labute approximate surface area is 198 Å². The van der Waals surface area contributed by atoms with Gasteiger partial charge in [-0.15, -0.1) is 0 Å². The smallest absolute Gasteiger partial charge is 0.412 e. The second kappa shape index (κ2) is 8.93. The van der Waals surface area contributed by atoms with E-state index in [2.05, 4.69) is 26.1 Å². The van der Waals surface area contributed by atoms with Gasteiger partial charge in [0.05, 0.1) is 0 Å². The number of anilines is 1. The van der Waals surface area contributed by atoms with Crippen LogP contribution in [-0.4, -0.2) is 58.4 Å². The van der Waals surface area contributed by atoms with E-state index in [1.54, 1.807) is 0 Å². The van der Waals surface area contributed by atoms with Crippen LogP contribution in [0, 0.1) is 5.92 Å². The van der Waals surface area contributed by atoms with Crippen molar-refractivity contribution in [3.63, 3.8) is 0 Å². The number of aromatic amines is 1. The second-order valence-corrected chi connectivity index (χ2v) is 8.26. The zero-order chi connectivity index (χ0) is 24.5. The molecule has 2 aromatic carbocycles. The number of carboxylic acids is 1. The molecule has 3 aromatic rings. The lowest BCUT2D eigenvalue weighted by Gasteiger charge is -2.14. The monoisotopic (exact) mass is 475 g/mol. The van der Waals surface area contributed by atoms with Gasteiger partial charge in [-0.2, -0.15) is 5.10 Å². The van der Waals surface area contributed by atoms with Crippen LogP contribution in [0.3, 0.4) is 0 Å². The third kappa shape index (κ3) is 4.19. The number of rotatable bonds is 6. The Morgan fingerprint density at radius 3 is 2.37 bits per heavy atom. The Morgan fingerprint density at radius 2 is 1.71 bits per heavy atom. The summed E-state index contributed by atoms with van der Waals surface area (Å²) in [7, 11) is 0. The van der Waals surface area contributed by atoms with E-state index in [4.69, 9.17) is 4.74 Å². The molecule has 5 N–H and O–H groups in total. The van der Waals surface area contributed by atoms with E-state index in [9.17, 15) is 24.3 Å². The second-order valence-electron chi connectivity index (χ2n) is 8.26. The Balaban J connectivity index is 1.20. The van der Waals surface area contributed by atoms with E-state index >= 15 is 0 Å². The first-order valence-corrected chi connectivity index (χ1v) is 10.9. The fourth-order valence-electron chi connectivity index (χ4n) is 4.48. The summed E-state index contributed by atoms with van der Waals surface area (Å²) < 4.78 is 5.45. The van der Waals surface area contributed by atoms with Crippen molar-refractivity contribution in [2.24, 2.45) is 5.92 Å². The summed E-state index contributed by atoms with van der Waals surface area (Å²) >= 11 is 0. The van der Waals surface area contributed by atoms with Gasteiger partial charge in [0.15, 0.2) is 5.82 Å². The highest BCUT2D eigenvalue weighted by Gasteiger charge is 2.40. The van der Waals surface area contributed by atoms with Gasteiger partial charge in [0.1, 0.15) is 24.3 Å². The van der Waals surface area contributed by atoms with Crippen LogP contribution in [0.2, 0.25) is 0 Å². The number of aliphatic carboxylic acids is 1. The number of nitrogens with zero attached hydrogens (tertiary/aromatic N) is 1. The van der Waals surface area contributed by atoms with E-state index < -0.39 is 35.8 Å². The number of carboxylic acid groups (broad SMARTS) is 1. The molecule has 1 fully saturated rings. The Kier molecular flexibility index (Phi) is 5.65. The van der Waals surface area contributed by atoms with Crippen LogP contribution in [-0.2, 0) is 14.3 Å². The highest BCUT2D eigenvalue weighted by atomic mass is 16.5. The molecule has 35 heavy (non-hydrogen) atoms. The van der Waals surface area contributed by atoms with Gasteiger partial charge in [-0.05, 0) is 22.3 Å². The van der Waals surface area contributed by atoms with Gasteiger partial charge >= 0.3 is 12.1 Å². The van der Waals surface area contributed by atoms with Gasteiger partial charge in [0.25, 0.3) is 5.91 Å². The number of fused-ring (bicyclic) bond motifs is 3. The predicted octanol–water partition coefficient (Wildman–Crippen LogP) is 1.70. The lowest BCUT2D eigenvalue weighted by Crippen LogP contribution is -2.45. The molecule has 2 atom stereocenters. The van der Waals surface area contributed by atoms with Crippen LogP contribution in [0.4, 0.5) is 10.6 Å². The molecular formula is C24H21N5O6. The fourth-order valence-corrected chi connectivity index (χ4v) is 4.48. The number of aromatic nitrogens is 2. The maximum Gasteiger partial charge on any atom is 0.412 e. The average molecular weight is 475 g/mol. The normalized spacial score (nSPS) is 18.3. The van der Waals surface area contributed by atoms with Crippen LogP contribution >= 0.6 is 0 Å². The van der Waals surface area contributed by atoms with E-state index in [-0.39, 0.29) is 30.6 Å². The van der Waals surface area contributed by atoms with E-state index in [1.165, 1.54) is 6.07 Å². The topological polar surface area (TPSA) is 163 Å². The molecule has 0 saturated carbocycles. The number of hydrogen-bond acceptors (Lipinski definition) is 6. The highest BCUT2D eigenvalue weighted by molar-refractivity contribution is 5.99. The number of amides is 3. The Bertz CT molecular complexity index is 1290. The van der Waals surface area contributed by atoms with Crippen molar-refractivity contribution < 1.29 is 29.0 Å². The summed E-state index contributed by atoms with van der Waals surface area (Å²) in [5.74, 6) is -3.65. The van der Waals surface area contributed by atoms with Crippen molar-refractivity contribution in [1.82, 2.24) is 20.8 Å². The summed E-state index contributed by atoms with van der Waals surface area (Å²) in [6.45, 7) is 0.0433. The third-order valence-corrected chi connectivity index (χ3v) is 6.18. The van der Waals surface area contributed by atoms with Crippen LogP contribution in [0.1, 0.15) is 27.5 Å². The summed E-state index contributed by atoms with van der Waals surface area (Å²) in [4.78, 5) is 48.0. The molecule has 2 aliphatic rings. The van der Waals surface area contributed by atoms with E-state index in [0.29, 0.717) is 0 Å². The molecule has 1 aliphatic heterocycles. The number of nitrogens with one attached hydrogen (secondary N) is 4. The first kappa shape index (κ1) is 22.1. The first-order chi connectivity index (χ1) is 16.9. The lowest BCUT2D eigenvalue weighted by atomic mass is 9.98. The summed E-state index contributed by atoms with van der Waals surface area (Å²) in [6, 6.07) is 16.0. The largest absolute Gasteiger partial charge is 0.481 e. The molecule has 2 heterocycles. The van der Waals surface area contributed by atoms with Crippen LogP contribution < -0.4 is 16.0 Å². The maximum atomic E-state index is 12.4. The van der Waals surface area contributed by atoms with E-state index in [1.807, 2.05) is 48.5 Å².